The van der Waals surface area contributed by atoms with Gasteiger partial charge >= 0.3 is 25.2 Å². The van der Waals surface area contributed by atoms with E-state index in [1.54, 1.807) is 41.5 Å². The van der Waals surface area contributed by atoms with E-state index >= 15 is 0 Å². The maximum atomic E-state index is 13.0. The molecule has 0 fully saturated rings. The first-order chi connectivity index (χ1) is 14.6. The monoisotopic (exact) mass is 474 g/mol. The zero-order valence-corrected chi connectivity index (χ0v) is 20.1. The lowest BCUT2D eigenvalue weighted by Gasteiger charge is -2.21. The van der Waals surface area contributed by atoms with Crippen LogP contribution in [-0.4, -0.2) is 41.2 Å². The summed E-state index contributed by atoms with van der Waals surface area (Å²) in [4.78, 5) is 48.6. The minimum Gasteiger partial charge on any atom is -0.438 e. The third kappa shape index (κ3) is 9.76. The van der Waals surface area contributed by atoms with Gasteiger partial charge in [0.25, 0.3) is 5.56 Å². The average Bonchev–Trinajstić information content (AvgIpc) is 2.65. The Kier molecular flexibility index (Phi) is 9.81. The molecule has 0 atom stereocenters. The quantitative estimate of drug-likeness (QED) is 0.234. The third-order valence-corrected chi connectivity index (χ3v) is 5.45. The molecule has 0 aromatic carbocycles. The van der Waals surface area contributed by atoms with Crippen molar-refractivity contribution < 1.29 is 32.7 Å². The molecule has 11 nitrogen and oxygen atoms in total. The highest BCUT2D eigenvalue weighted by atomic mass is 31.2. The number of carbonyl (C=O) groups is 2. The Balaban J connectivity index is 2.77. The molecule has 0 amide bonds. The third-order valence-electron chi connectivity index (χ3n) is 3.80. The van der Waals surface area contributed by atoms with E-state index in [2.05, 4.69) is 4.98 Å². The standard InChI is InChI=1S/C20H31N2O9P/c1-19(2,3)16(24)28-13-30-32(27,31-14-29-17(25)20(4,5)6)12-8-7-10-22-11-9-15(23)21-18(22)26/h7-9,11H,10,12-14H2,1-6H3,(H,21,23,26)/b8-7+. The zero-order chi connectivity index (χ0) is 24.6. The van der Waals surface area contributed by atoms with Crippen molar-refractivity contribution in [3.8, 4) is 0 Å². The molecule has 0 saturated carbocycles. The molecule has 1 heterocycles. The second-order valence-electron chi connectivity index (χ2n) is 8.88. The Morgan fingerprint density at radius 2 is 1.47 bits per heavy atom. The van der Waals surface area contributed by atoms with Gasteiger partial charge in [-0.15, -0.1) is 0 Å². The van der Waals surface area contributed by atoms with Crippen molar-refractivity contribution in [1.29, 1.82) is 0 Å². The van der Waals surface area contributed by atoms with Gasteiger partial charge in [0.15, 0.2) is 0 Å². The molecule has 0 aliphatic carbocycles. The van der Waals surface area contributed by atoms with Crippen molar-refractivity contribution in [3.05, 3.63) is 45.3 Å². The number of nitrogens with zero attached hydrogens (tertiary/aromatic N) is 1. The summed E-state index contributed by atoms with van der Waals surface area (Å²) in [6.07, 6.45) is 4.03. The van der Waals surface area contributed by atoms with Gasteiger partial charge in [-0.1, -0.05) is 12.2 Å². The number of carbonyl (C=O) groups excluding carboxylic acids is 2. The van der Waals surface area contributed by atoms with Gasteiger partial charge in [0.05, 0.1) is 17.0 Å². The molecule has 0 bridgehead atoms. The molecule has 32 heavy (non-hydrogen) atoms. The molecule has 0 aliphatic rings. The first-order valence-corrected chi connectivity index (χ1v) is 11.5. The van der Waals surface area contributed by atoms with Crippen LogP contribution in [0.25, 0.3) is 0 Å². The number of esters is 2. The largest absolute Gasteiger partial charge is 0.438 e. The molecule has 0 saturated heterocycles. The fourth-order valence-corrected chi connectivity index (χ4v) is 3.00. The van der Waals surface area contributed by atoms with Crippen LogP contribution in [0, 0.1) is 10.8 Å². The lowest BCUT2D eigenvalue weighted by atomic mass is 9.98. The first-order valence-electron chi connectivity index (χ1n) is 9.81. The summed E-state index contributed by atoms with van der Waals surface area (Å²) >= 11 is 0. The summed E-state index contributed by atoms with van der Waals surface area (Å²) in [5, 5.41) is 0. The molecular formula is C20H31N2O9P. The van der Waals surface area contributed by atoms with Crippen LogP contribution in [0.3, 0.4) is 0 Å². The van der Waals surface area contributed by atoms with Crippen molar-refractivity contribution >= 4 is 19.5 Å². The zero-order valence-electron chi connectivity index (χ0n) is 19.2. The number of H-pyrrole nitrogens is 1. The van der Waals surface area contributed by atoms with E-state index in [1.807, 2.05) is 0 Å². The topological polar surface area (TPSA) is 143 Å². The van der Waals surface area contributed by atoms with Gasteiger partial charge in [-0.2, -0.15) is 0 Å². The molecule has 0 unspecified atom stereocenters. The highest BCUT2D eigenvalue weighted by molar-refractivity contribution is 7.54. The van der Waals surface area contributed by atoms with E-state index in [9.17, 15) is 23.7 Å². The van der Waals surface area contributed by atoms with Crippen molar-refractivity contribution in [2.75, 3.05) is 19.7 Å². The van der Waals surface area contributed by atoms with E-state index in [1.165, 1.54) is 29.0 Å². The summed E-state index contributed by atoms with van der Waals surface area (Å²) < 4.78 is 34.5. The van der Waals surface area contributed by atoms with Crippen LogP contribution >= 0.6 is 7.60 Å². The second-order valence-corrected chi connectivity index (χ2v) is 11.0. The smallest absolute Gasteiger partial charge is 0.340 e. The summed E-state index contributed by atoms with van der Waals surface area (Å²) in [5.41, 5.74) is -2.67. The predicted molar refractivity (Wildman–Crippen MR) is 116 cm³/mol. The lowest BCUT2D eigenvalue weighted by Crippen LogP contribution is -2.28. The summed E-state index contributed by atoms with van der Waals surface area (Å²) in [6, 6.07) is 1.19. The fraction of sp³-hybridized carbons (Fsp3) is 0.600. The molecule has 12 heteroatoms. The van der Waals surface area contributed by atoms with E-state index in [0.29, 0.717) is 0 Å². The number of hydrogen-bond acceptors (Lipinski definition) is 9. The molecule has 0 radical (unpaired) electrons. The van der Waals surface area contributed by atoms with Gasteiger partial charge in [0.2, 0.25) is 13.6 Å². The van der Waals surface area contributed by atoms with Crippen molar-refractivity contribution in [2.24, 2.45) is 10.8 Å². The van der Waals surface area contributed by atoms with Crippen molar-refractivity contribution in [3.63, 3.8) is 0 Å². The van der Waals surface area contributed by atoms with Crippen LogP contribution < -0.4 is 11.2 Å². The van der Waals surface area contributed by atoms with Gasteiger partial charge in [-0.05, 0) is 41.5 Å². The molecule has 180 valence electrons. The maximum Gasteiger partial charge on any atom is 0.340 e. The summed E-state index contributed by atoms with van der Waals surface area (Å²) in [6.45, 7) is 8.77. The number of rotatable bonds is 10. The SMILES string of the molecule is CC(C)(C)C(=O)OCOP(=O)(C/C=C/Cn1ccc(=O)[nH]c1=O)OCOC(=O)C(C)(C)C. The van der Waals surface area contributed by atoms with Crippen LogP contribution in [0.1, 0.15) is 41.5 Å². The molecule has 0 aliphatic heterocycles. The Bertz CT molecular complexity index is 944. The van der Waals surface area contributed by atoms with Crippen LogP contribution in [0.5, 0.6) is 0 Å². The van der Waals surface area contributed by atoms with Gasteiger partial charge in [-0.25, -0.2) is 4.79 Å². The normalized spacial score (nSPS) is 12.7. The predicted octanol–water partition coefficient (Wildman–Crippen LogP) is 2.41. The number of aromatic nitrogens is 2. The second kappa shape index (κ2) is 11.4. The van der Waals surface area contributed by atoms with E-state index in [4.69, 9.17) is 18.5 Å². The van der Waals surface area contributed by atoms with Gasteiger partial charge < -0.3 is 9.47 Å². The fourth-order valence-electron chi connectivity index (χ4n) is 1.88. The highest BCUT2D eigenvalue weighted by Crippen LogP contribution is 2.48. The minimum absolute atomic E-state index is 0.0909. The highest BCUT2D eigenvalue weighted by Gasteiger charge is 2.29. The lowest BCUT2D eigenvalue weighted by molar-refractivity contribution is -0.161. The summed E-state index contributed by atoms with van der Waals surface area (Å²) in [5.74, 6) is -1.12. The maximum absolute atomic E-state index is 13.0. The van der Waals surface area contributed by atoms with Gasteiger partial charge in [0.1, 0.15) is 0 Å². The molecule has 1 rings (SSSR count). The Morgan fingerprint density at radius 1 is 0.969 bits per heavy atom. The van der Waals surface area contributed by atoms with Crippen molar-refractivity contribution in [2.45, 2.75) is 48.1 Å². The Labute approximate surface area is 186 Å². The Hall–Kier alpha value is -2.49. The number of hydrogen-bond donors (Lipinski definition) is 1. The number of nitrogens with one attached hydrogen (secondary N) is 1. The van der Waals surface area contributed by atoms with E-state index in [-0.39, 0.29) is 12.7 Å². The van der Waals surface area contributed by atoms with Crippen LogP contribution in [0.15, 0.2) is 34.0 Å². The Morgan fingerprint density at radius 3 is 1.91 bits per heavy atom. The molecule has 0 spiro atoms. The van der Waals surface area contributed by atoms with Crippen LogP contribution in [-0.2, 0) is 39.2 Å². The number of allylic oxidation sites excluding steroid dienone is 2. The molecular weight excluding hydrogens is 443 g/mol. The molecule has 1 aromatic heterocycles. The molecule has 1 N–H and O–H groups in total. The summed E-state index contributed by atoms with van der Waals surface area (Å²) in [7, 11) is -3.86. The van der Waals surface area contributed by atoms with Crippen LogP contribution in [0.2, 0.25) is 0 Å². The van der Waals surface area contributed by atoms with Gasteiger partial charge in [-0.3, -0.25) is 37.5 Å². The van der Waals surface area contributed by atoms with Crippen molar-refractivity contribution in [1.82, 2.24) is 9.55 Å². The van der Waals surface area contributed by atoms with Crippen LogP contribution in [0.4, 0.5) is 0 Å². The number of aromatic amines is 1. The first kappa shape index (κ1) is 27.5. The average molecular weight is 474 g/mol. The van der Waals surface area contributed by atoms with E-state index in [0.717, 1.165) is 0 Å². The number of ether oxygens (including phenoxy) is 2. The van der Waals surface area contributed by atoms with Gasteiger partial charge in [0, 0.05) is 18.8 Å². The minimum atomic E-state index is -3.86. The van der Waals surface area contributed by atoms with E-state index < -0.39 is 55.2 Å². The molecule has 1 aromatic rings.